The normalized spacial score (nSPS) is 14.6. The summed E-state index contributed by atoms with van der Waals surface area (Å²) in [4.78, 5) is 51.1. The Bertz CT molecular complexity index is 1300. The number of benzene rings is 3. The molecule has 9 heteroatoms. The maximum absolute atomic E-state index is 12.7. The molecular weight excluding hydrogens is 472 g/mol. The first-order valence-electron chi connectivity index (χ1n) is 10.2. The van der Waals surface area contributed by atoms with Crippen molar-refractivity contribution in [3.05, 3.63) is 105 Å². The fourth-order valence-corrected chi connectivity index (χ4v) is 4.82. The van der Waals surface area contributed by atoms with Gasteiger partial charge in [0.2, 0.25) is 0 Å². The molecule has 0 saturated carbocycles. The second kappa shape index (κ2) is 10.1. The summed E-state index contributed by atoms with van der Waals surface area (Å²) in [6.07, 6.45) is 1.63. The molecule has 1 saturated heterocycles. The minimum Gasteiger partial charge on any atom is -0.292 e. The Morgan fingerprint density at radius 3 is 2.15 bits per heavy atom. The van der Waals surface area contributed by atoms with Gasteiger partial charge in [-0.15, -0.1) is 0 Å². The fourth-order valence-electron chi connectivity index (χ4n) is 3.17. The maximum Gasteiger partial charge on any atom is 0.293 e. The number of ketones is 1. The van der Waals surface area contributed by atoms with Gasteiger partial charge in [0.25, 0.3) is 16.8 Å². The number of nitro groups is 1. The lowest BCUT2D eigenvalue weighted by Gasteiger charge is -2.11. The Kier molecular flexibility index (Phi) is 6.95. The number of non-ortho nitro benzene ring substituents is 1. The highest BCUT2D eigenvalue weighted by molar-refractivity contribution is 8.18. The minimum absolute atomic E-state index is 0.145. The van der Waals surface area contributed by atoms with E-state index in [4.69, 9.17) is 0 Å². The molecule has 1 fully saturated rings. The van der Waals surface area contributed by atoms with Crippen LogP contribution >= 0.6 is 23.5 Å². The van der Waals surface area contributed by atoms with Gasteiger partial charge >= 0.3 is 0 Å². The lowest BCUT2D eigenvalue weighted by atomic mass is 10.1. The van der Waals surface area contributed by atoms with Crippen molar-refractivity contribution in [3.8, 4) is 0 Å². The lowest BCUT2D eigenvalue weighted by molar-refractivity contribution is -0.384. The summed E-state index contributed by atoms with van der Waals surface area (Å²) in [5.74, 6) is -1.01. The predicted octanol–water partition coefficient (Wildman–Crippen LogP) is 5.97. The second-order valence-electron chi connectivity index (χ2n) is 7.48. The van der Waals surface area contributed by atoms with Gasteiger partial charge < -0.3 is 0 Å². The van der Waals surface area contributed by atoms with Gasteiger partial charge in [0.05, 0.1) is 16.4 Å². The monoisotopic (exact) mass is 490 g/mol. The molecule has 34 heavy (non-hydrogen) atoms. The number of aryl methyl sites for hydroxylation is 1. The first-order chi connectivity index (χ1) is 16.3. The molecule has 0 bridgehead atoms. The van der Waals surface area contributed by atoms with Crippen molar-refractivity contribution in [2.24, 2.45) is 0 Å². The van der Waals surface area contributed by atoms with Gasteiger partial charge in [0.15, 0.2) is 5.78 Å². The smallest absolute Gasteiger partial charge is 0.292 e. The Balaban J connectivity index is 1.42. The molecule has 0 aliphatic carbocycles. The van der Waals surface area contributed by atoms with E-state index in [0.717, 1.165) is 32.0 Å². The second-order valence-corrected chi connectivity index (χ2v) is 9.62. The van der Waals surface area contributed by atoms with Crippen molar-refractivity contribution >= 4 is 52.2 Å². The average Bonchev–Trinajstić information content (AvgIpc) is 3.09. The molecule has 0 aromatic heterocycles. The fraction of sp³-hybridized carbons (Fsp3) is 0.0800. The summed E-state index contributed by atoms with van der Waals surface area (Å²) in [6, 6.07) is 20.9. The number of hydrogen-bond acceptors (Lipinski definition) is 7. The first-order valence-corrected chi connectivity index (χ1v) is 11.8. The quantitative estimate of drug-likeness (QED) is 0.174. The third-order valence-corrected chi connectivity index (χ3v) is 6.93. The standard InChI is InChI=1S/C25H18N2O5S2/c1-16-2-10-20(11-3-16)33-21-12-4-17(5-13-21)14-23-24(29)26(25(30)34-23)15-22(28)18-6-8-19(9-7-18)27(31)32/h2-14H,15H2,1H3/b23-14-. The molecule has 4 rings (SSSR count). The molecule has 0 N–H and O–H groups in total. The van der Waals surface area contributed by atoms with E-state index in [1.807, 2.05) is 31.2 Å². The molecule has 170 valence electrons. The maximum atomic E-state index is 12.7. The number of nitrogens with zero attached hydrogens (tertiary/aromatic N) is 2. The van der Waals surface area contributed by atoms with Gasteiger partial charge in [0, 0.05) is 27.5 Å². The highest BCUT2D eigenvalue weighted by Crippen LogP contribution is 2.33. The van der Waals surface area contributed by atoms with Crippen molar-refractivity contribution in [2.45, 2.75) is 16.7 Å². The van der Waals surface area contributed by atoms with Gasteiger partial charge in [-0.2, -0.15) is 0 Å². The zero-order chi connectivity index (χ0) is 24.2. The van der Waals surface area contributed by atoms with Crippen molar-refractivity contribution in [1.29, 1.82) is 0 Å². The lowest BCUT2D eigenvalue weighted by Crippen LogP contribution is -2.33. The summed E-state index contributed by atoms with van der Waals surface area (Å²) in [5, 5.41) is 10.2. The van der Waals surface area contributed by atoms with Crippen LogP contribution in [0.3, 0.4) is 0 Å². The SMILES string of the molecule is Cc1ccc(Sc2ccc(/C=C3\SC(=O)N(CC(=O)c4ccc([N+](=O)[O-])cc4)C3=O)cc2)cc1. The van der Waals surface area contributed by atoms with Gasteiger partial charge in [-0.05, 0) is 66.7 Å². The Hall–Kier alpha value is -3.69. The van der Waals surface area contributed by atoms with Crippen LogP contribution in [0.25, 0.3) is 6.08 Å². The van der Waals surface area contributed by atoms with Crippen LogP contribution < -0.4 is 0 Å². The summed E-state index contributed by atoms with van der Waals surface area (Å²) in [6.45, 7) is 1.61. The Morgan fingerprint density at radius 2 is 1.56 bits per heavy atom. The number of carbonyl (C=O) groups is 3. The van der Waals surface area contributed by atoms with Gasteiger partial charge in [-0.3, -0.25) is 29.4 Å². The van der Waals surface area contributed by atoms with E-state index in [-0.39, 0.29) is 16.2 Å². The van der Waals surface area contributed by atoms with Crippen LogP contribution in [0.5, 0.6) is 0 Å². The molecule has 1 heterocycles. The van der Waals surface area contributed by atoms with E-state index in [1.165, 1.54) is 29.8 Å². The molecule has 3 aromatic rings. The van der Waals surface area contributed by atoms with Crippen LogP contribution in [0, 0.1) is 17.0 Å². The van der Waals surface area contributed by atoms with E-state index in [9.17, 15) is 24.5 Å². The van der Waals surface area contributed by atoms with Gasteiger partial charge in [-0.1, -0.05) is 41.6 Å². The van der Waals surface area contributed by atoms with Crippen molar-refractivity contribution in [2.75, 3.05) is 6.54 Å². The van der Waals surface area contributed by atoms with E-state index in [1.54, 1.807) is 17.8 Å². The zero-order valence-corrected chi connectivity index (χ0v) is 19.6. The zero-order valence-electron chi connectivity index (χ0n) is 18.0. The topological polar surface area (TPSA) is 97.6 Å². The van der Waals surface area contributed by atoms with Crippen LogP contribution in [0.1, 0.15) is 21.5 Å². The number of rotatable bonds is 7. The largest absolute Gasteiger partial charge is 0.293 e. The van der Waals surface area contributed by atoms with Crippen LogP contribution in [-0.2, 0) is 4.79 Å². The molecule has 1 aliphatic heterocycles. The van der Waals surface area contributed by atoms with Gasteiger partial charge in [0.1, 0.15) is 0 Å². The number of amides is 2. The van der Waals surface area contributed by atoms with Crippen LogP contribution in [-0.4, -0.2) is 33.3 Å². The van der Waals surface area contributed by atoms with Crippen LogP contribution in [0.4, 0.5) is 10.5 Å². The summed E-state index contributed by atoms with van der Waals surface area (Å²) in [5.41, 5.74) is 2.01. The van der Waals surface area contributed by atoms with Crippen LogP contribution in [0.2, 0.25) is 0 Å². The number of hydrogen-bond donors (Lipinski definition) is 0. The minimum atomic E-state index is -0.566. The molecule has 3 aromatic carbocycles. The van der Waals surface area contributed by atoms with Crippen molar-refractivity contribution in [3.63, 3.8) is 0 Å². The summed E-state index contributed by atoms with van der Waals surface area (Å²) in [7, 11) is 0. The van der Waals surface area contributed by atoms with E-state index >= 15 is 0 Å². The average molecular weight is 491 g/mol. The van der Waals surface area contributed by atoms with Crippen molar-refractivity contribution in [1.82, 2.24) is 4.90 Å². The number of thioether (sulfide) groups is 1. The Morgan fingerprint density at radius 1 is 0.971 bits per heavy atom. The third-order valence-electron chi connectivity index (χ3n) is 5.01. The van der Waals surface area contributed by atoms with E-state index in [2.05, 4.69) is 24.3 Å². The highest BCUT2D eigenvalue weighted by Gasteiger charge is 2.36. The third kappa shape index (κ3) is 5.44. The molecule has 2 amide bonds. The van der Waals surface area contributed by atoms with Crippen molar-refractivity contribution < 1.29 is 19.3 Å². The Labute approximate surface area is 204 Å². The number of imide groups is 1. The number of nitro benzene ring substituents is 1. The number of Topliss-reactive ketones (excluding diaryl/α,β-unsaturated/α-hetero) is 1. The molecule has 0 unspecified atom stereocenters. The van der Waals surface area contributed by atoms with E-state index in [0.29, 0.717) is 0 Å². The highest BCUT2D eigenvalue weighted by atomic mass is 32.2. The molecule has 0 spiro atoms. The molecular formula is C25H18N2O5S2. The van der Waals surface area contributed by atoms with E-state index < -0.39 is 28.4 Å². The number of carbonyl (C=O) groups excluding carboxylic acids is 3. The summed E-state index contributed by atoms with van der Waals surface area (Å²) >= 11 is 2.41. The first kappa shape index (κ1) is 23.5. The predicted molar refractivity (Wildman–Crippen MR) is 132 cm³/mol. The molecule has 1 aliphatic rings. The molecule has 7 nitrogen and oxygen atoms in total. The van der Waals surface area contributed by atoms with Gasteiger partial charge in [-0.25, -0.2) is 0 Å². The van der Waals surface area contributed by atoms with Crippen LogP contribution in [0.15, 0.2) is 87.5 Å². The molecule has 0 atom stereocenters. The summed E-state index contributed by atoms with van der Waals surface area (Å²) < 4.78 is 0. The molecule has 0 radical (unpaired) electrons.